The average Bonchev–Trinajstić information content (AvgIpc) is 2.70. The van der Waals surface area contributed by atoms with E-state index >= 15 is 0 Å². The third-order valence-electron chi connectivity index (χ3n) is 3.34. The van der Waals surface area contributed by atoms with E-state index in [-0.39, 0.29) is 5.41 Å². The summed E-state index contributed by atoms with van der Waals surface area (Å²) in [6, 6.07) is 6.42. The van der Waals surface area contributed by atoms with Crippen LogP contribution in [0.4, 0.5) is 0 Å². The number of nitrogens with one attached hydrogen (secondary N) is 2. The molecule has 0 amide bonds. The molecule has 1 aromatic carbocycles. The van der Waals surface area contributed by atoms with Crippen LogP contribution in [0.15, 0.2) is 24.4 Å². The van der Waals surface area contributed by atoms with Crippen molar-refractivity contribution in [1.82, 2.24) is 10.3 Å². The molecule has 3 N–H and O–H groups in total. The number of likely N-dealkylation sites (N-methyl/N-ethyl adjacent to an activating group) is 1. The lowest BCUT2D eigenvalue weighted by atomic mass is 9.86. The number of aromatic amines is 1. The molecule has 0 spiro atoms. The zero-order valence-corrected chi connectivity index (χ0v) is 11.5. The summed E-state index contributed by atoms with van der Waals surface area (Å²) in [5, 5.41) is 14.2. The summed E-state index contributed by atoms with van der Waals surface area (Å²) in [7, 11) is 1.85. The highest BCUT2D eigenvalue weighted by atomic mass is 16.3. The van der Waals surface area contributed by atoms with Crippen LogP contribution < -0.4 is 5.32 Å². The first-order valence-electron chi connectivity index (χ1n) is 6.37. The Balaban J connectivity index is 2.50. The SMILES string of the molecule is CNCC(O)c1c[nH]c2ccc(C(C)(C)C)cc12. The molecule has 0 saturated heterocycles. The summed E-state index contributed by atoms with van der Waals surface area (Å²) in [6.07, 6.45) is 1.43. The van der Waals surface area contributed by atoms with E-state index in [0.29, 0.717) is 6.54 Å². The lowest BCUT2D eigenvalue weighted by molar-refractivity contribution is 0.179. The van der Waals surface area contributed by atoms with Gasteiger partial charge in [0.2, 0.25) is 0 Å². The highest BCUT2D eigenvalue weighted by molar-refractivity contribution is 5.84. The van der Waals surface area contributed by atoms with E-state index in [9.17, 15) is 5.11 Å². The maximum absolute atomic E-state index is 10.1. The summed E-state index contributed by atoms with van der Waals surface area (Å²) >= 11 is 0. The second kappa shape index (κ2) is 4.75. The van der Waals surface area contributed by atoms with Gasteiger partial charge in [0.05, 0.1) is 6.10 Å². The number of hydrogen-bond acceptors (Lipinski definition) is 2. The predicted molar refractivity (Wildman–Crippen MR) is 75.9 cm³/mol. The first-order valence-corrected chi connectivity index (χ1v) is 6.37. The summed E-state index contributed by atoms with van der Waals surface area (Å²) in [5.74, 6) is 0. The Morgan fingerprint density at radius 3 is 2.67 bits per heavy atom. The average molecular weight is 246 g/mol. The minimum Gasteiger partial charge on any atom is -0.387 e. The quantitative estimate of drug-likeness (QED) is 0.780. The Hall–Kier alpha value is -1.32. The fourth-order valence-corrected chi connectivity index (χ4v) is 2.19. The van der Waals surface area contributed by atoms with E-state index in [1.54, 1.807) is 0 Å². The zero-order chi connectivity index (χ0) is 13.3. The molecule has 0 aliphatic rings. The van der Waals surface area contributed by atoms with Crippen molar-refractivity contribution in [3.8, 4) is 0 Å². The molecular formula is C15H22N2O. The van der Waals surface area contributed by atoms with Crippen molar-refractivity contribution in [3.05, 3.63) is 35.5 Å². The van der Waals surface area contributed by atoms with Gasteiger partial charge in [-0.1, -0.05) is 26.8 Å². The molecule has 1 atom stereocenters. The van der Waals surface area contributed by atoms with Crippen molar-refractivity contribution >= 4 is 10.9 Å². The number of hydrogen-bond donors (Lipinski definition) is 3. The number of aliphatic hydroxyl groups excluding tert-OH is 1. The number of aromatic nitrogens is 1. The molecule has 18 heavy (non-hydrogen) atoms. The van der Waals surface area contributed by atoms with E-state index in [4.69, 9.17) is 0 Å². The molecule has 1 heterocycles. The van der Waals surface area contributed by atoms with Crippen LogP contribution in [0.3, 0.4) is 0 Å². The maximum Gasteiger partial charge on any atom is 0.0934 e. The summed E-state index contributed by atoms with van der Waals surface area (Å²) in [4.78, 5) is 3.22. The number of benzene rings is 1. The Labute approximate surface area is 108 Å². The second-order valence-corrected chi connectivity index (χ2v) is 5.83. The Morgan fingerprint density at radius 1 is 1.33 bits per heavy atom. The molecule has 2 aromatic rings. The van der Waals surface area contributed by atoms with Crippen molar-refractivity contribution in [2.24, 2.45) is 0 Å². The van der Waals surface area contributed by atoms with Crippen LogP contribution in [0.1, 0.15) is 38.0 Å². The van der Waals surface area contributed by atoms with Gasteiger partial charge in [-0.05, 0) is 30.2 Å². The zero-order valence-electron chi connectivity index (χ0n) is 11.5. The standard InChI is InChI=1S/C15H22N2O/c1-15(2,3)10-5-6-13-11(7-10)12(8-17-13)14(18)9-16-4/h5-8,14,16-18H,9H2,1-4H3. The van der Waals surface area contributed by atoms with Crippen molar-refractivity contribution in [2.75, 3.05) is 13.6 Å². The highest BCUT2D eigenvalue weighted by Crippen LogP contribution is 2.29. The van der Waals surface area contributed by atoms with Gasteiger partial charge in [-0.15, -0.1) is 0 Å². The van der Waals surface area contributed by atoms with Gasteiger partial charge in [-0.2, -0.15) is 0 Å². The molecule has 0 fully saturated rings. The molecule has 3 nitrogen and oxygen atoms in total. The molecule has 1 unspecified atom stereocenters. The normalized spacial score (nSPS) is 14.1. The van der Waals surface area contributed by atoms with Crippen molar-refractivity contribution in [1.29, 1.82) is 0 Å². The smallest absolute Gasteiger partial charge is 0.0934 e. The molecule has 0 bridgehead atoms. The van der Waals surface area contributed by atoms with Crippen molar-refractivity contribution in [2.45, 2.75) is 32.3 Å². The molecule has 1 aromatic heterocycles. The molecule has 98 valence electrons. The third kappa shape index (κ3) is 2.42. The Bertz CT molecular complexity index is 537. The minimum absolute atomic E-state index is 0.122. The summed E-state index contributed by atoms with van der Waals surface area (Å²) in [6.45, 7) is 7.16. The molecule has 0 aliphatic heterocycles. The number of H-pyrrole nitrogens is 1. The van der Waals surface area contributed by atoms with Crippen LogP contribution in [-0.2, 0) is 5.41 Å². The molecule has 0 aliphatic carbocycles. The lowest BCUT2D eigenvalue weighted by Crippen LogP contribution is -2.16. The number of aliphatic hydroxyl groups is 1. The highest BCUT2D eigenvalue weighted by Gasteiger charge is 2.17. The van der Waals surface area contributed by atoms with Gasteiger partial charge in [-0.3, -0.25) is 0 Å². The van der Waals surface area contributed by atoms with Crippen LogP contribution in [0.5, 0.6) is 0 Å². The second-order valence-electron chi connectivity index (χ2n) is 5.83. The molecule has 0 radical (unpaired) electrons. The molecule has 3 heteroatoms. The van der Waals surface area contributed by atoms with Gasteiger partial charge in [0.15, 0.2) is 0 Å². The van der Waals surface area contributed by atoms with Gasteiger partial charge < -0.3 is 15.4 Å². The van der Waals surface area contributed by atoms with Gasteiger partial charge in [0.25, 0.3) is 0 Å². The van der Waals surface area contributed by atoms with Gasteiger partial charge in [0.1, 0.15) is 0 Å². The van der Waals surface area contributed by atoms with Crippen LogP contribution >= 0.6 is 0 Å². The van der Waals surface area contributed by atoms with Crippen LogP contribution in [0.2, 0.25) is 0 Å². The topological polar surface area (TPSA) is 48.0 Å². The fraction of sp³-hybridized carbons (Fsp3) is 0.467. The first kappa shape index (κ1) is 13.1. The van der Waals surface area contributed by atoms with E-state index in [1.807, 2.05) is 13.2 Å². The van der Waals surface area contributed by atoms with Gasteiger partial charge in [0, 0.05) is 29.2 Å². The van der Waals surface area contributed by atoms with E-state index in [2.05, 4.69) is 49.3 Å². The summed E-state index contributed by atoms with van der Waals surface area (Å²) in [5.41, 5.74) is 3.45. The van der Waals surface area contributed by atoms with Crippen molar-refractivity contribution < 1.29 is 5.11 Å². The number of rotatable bonds is 3. The minimum atomic E-state index is -0.473. The Morgan fingerprint density at radius 2 is 2.06 bits per heavy atom. The van der Waals surface area contributed by atoms with Crippen molar-refractivity contribution in [3.63, 3.8) is 0 Å². The Kier molecular flexibility index (Phi) is 3.46. The van der Waals surface area contributed by atoms with Gasteiger partial charge in [-0.25, -0.2) is 0 Å². The van der Waals surface area contributed by atoms with Crippen LogP contribution in [-0.4, -0.2) is 23.7 Å². The van der Waals surface area contributed by atoms with E-state index in [0.717, 1.165) is 16.5 Å². The first-order chi connectivity index (χ1) is 8.43. The largest absolute Gasteiger partial charge is 0.387 e. The molecule has 0 saturated carbocycles. The monoisotopic (exact) mass is 246 g/mol. The van der Waals surface area contributed by atoms with E-state index < -0.39 is 6.10 Å². The third-order valence-corrected chi connectivity index (χ3v) is 3.34. The maximum atomic E-state index is 10.1. The summed E-state index contributed by atoms with van der Waals surface area (Å²) < 4.78 is 0. The van der Waals surface area contributed by atoms with Crippen LogP contribution in [0.25, 0.3) is 10.9 Å². The molecular weight excluding hydrogens is 224 g/mol. The van der Waals surface area contributed by atoms with Gasteiger partial charge >= 0.3 is 0 Å². The fourth-order valence-electron chi connectivity index (χ4n) is 2.19. The lowest BCUT2D eigenvalue weighted by Gasteiger charge is -2.19. The van der Waals surface area contributed by atoms with Crippen LogP contribution in [0, 0.1) is 0 Å². The number of fused-ring (bicyclic) bond motifs is 1. The van der Waals surface area contributed by atoms with E-state index in [1.165, 1.54) is 5.56 Å². The molecule has 2 rings (SSSR count). The predicted octanol–water partition coefficient (Wildman–Crippen LogP) is 2.72.